The number of benzene rings is 9. The molecule has 0 bridgehead atoms. The summed E-state index contributed by atoms with van der Waals surface area (Å²) in [4.78, 5) is 9.97. The summed E-state index contributed by atoms with van der Waals surface area (Å²) in [6, 6.07) is 51.4. The molecule has 3 aromatic heterocycles. The Bertz CT molecular complexity index is 4430. The van der Waals surface area contributed by atoms with Crippen molar-refractivity contribution in [2.75, 3.05) is 0 Å². The highest BCUT2D eigenvalue weighted by Gasteiger charge is 2.40. The lowest BCUT2D eigenvalue weighted by atomic mass is 9.95. The topological polar surface area (TPSA) is 59.4 Å². The molecule has 0 saturated heterocycles. The van der Waals surface area contributed by atoms with Gasteiger partial charge in [-0.3, -0.25) is 0 Å². The first-order chi connectivity index (χ1) is 38.2. The van der Waals surface area contributed by atoms with E-state index in [0.717, 1.165) is 17.7 Å². The molecule has 12 rings (SSSR count). The normalized spacial score (nSPS) is 12.5. The van der Waals surface area contributed by atoms with E-state index in [0.29, 0.717) is 95.5 Å². The Labute approximate surface area is 445 Å². The van der Waals surface area contributed by atoms with Crippen LogP contribution in [-0.2, 0) is 24.7 Å². The van der Waals surface area contributed by atoms with Gasteiger partial charge in [0, 0.05) is 38.2 Å². The van der Waals surface area contributed by atoms with E-state index >= 15 is 0 Å². The number of fused-ring (bicyclic) bond motifs is 6. The van der Waals surface area contributed by atoms with Crippen LogP contribution in [0.3, 0.4) is 0 Å². The molecule has 0 aliphatic carbocycles. The number of rotatable bonds is 7. The molecule has 12 aromatic rings. The van der Waals surface area contributed by atoms with Crippen LogP contribution in [0.5, 0.6) is 0 Å². The lowest BCUT2D eigenvalue weighted by Crippen LogP contribution is -2.12. The SMILES string of the molecule is N#Cc1cc(-n2c3ccccc3c3cc(-c4ccc(C(F)(F)F)cc4C(F)(F)F)ccc32)c(-n2c3ccccc3c3cc(-c4ccc(C(F)(F)F)cc4C(F)(F)F)ccc32)cc1-c1cc(-c2ccccc2)nc(-c2ccccc2)n1. The molecule has 80 heavy (non-hydrogen) atoms. The van der Waals surface area contributed by atoms with Crippen LogP contribution in [0.15, 0.2) is 200 Å². The zero-order valence-corrected chi connectivity index (χ0v) is 40.8. The summed E-state index contributed by atoms with van der Waals surface area (Å²) >= 11 is 0. The van der Waals surface area contributed by atoms with Gasteiger partial charge in [0.2, 0.25) is 0 Å². The number of alkyl halides is 12. The van der Waals surface area contributed by atoms with Crippen molar-refractivity contribution in [3.63, 3.8) is 0 Å². The lowest BCUT2D eigenvalue weighted by molar-refractivity contribution is -0.144. The van der Waals surface area contributed by atoms with Crippen molar-refractivity contribution in [1.82, 2.24) is 19.1 Å². The fraction of sp³-hybridized carbons (Fsp3) is 0.0635. The van der Waals surface area contributed by atoms with Crippen LogP contribution in [0.2, 0.25) is 0 Å². The first-order valence-electron chi connectivity index (χ1n) is 24.4. The Morgan fingerprint density at radius 2 is 0.762 bits per heavy atom. The van der Waals surface area contributed by atoms with E-state index in [1.54, 1.807) is 77.4 Å². The van der Waals surface area contributed by atoms with Crippen molar-refractivity contribution in [1.29, 1.82) is 5.26 Å². The summed E-state index contributed by atoms with van der Waals surface area (Å²) in [6.07, 6.45) is -20.5. The van der Waals surface area contributed by atoms with Gasteiger partial charge in [0.25, 0.3) is 0 Å². The first kappa shape index (κ1) is 51.1. The molecule has 3 heterocycles. The van der Waals surface area contributed by atoms with Gasteiger partial charge in [-0.05, 0) is 101 Å². The molecule has 0 aliphatic heterocycles. The summed E-state index contributed by atoms with van der Waals surface area (Å²) in [7, 11) is 0. The summed E-state index contributed by atoms with van der Waals surface area (Å²) in [5, 5.41) is 13.1. The van der Waals surface area contributed by atoms with Crippen molar-refractivity contribution in [3.05, 3.63) is 228 Å². The Balaban J connectivity index is 1.16. The highest BCUT2D eigenvalue weighted by atomic mass is 19.4. The van der Waals surface area contributed by atoms with Gasteiger partial charge >= 0.3 is 24.7 Å². The third-order valence-electron chi connectivity index (χ3n) is 14.1. The number of halogens is 12. The molecule has 0 aliphatic rings. The van der Waals surface area contributed by atoms with E-state index in [2.05, 4.69) is 6.07 Å². The van der Waals surface area contributed by atoms with Crippen molar-refractivity contribution in [2.24, 2.45) is 0 Å². The number of hydrogen-bond acceptors (Lipinski definition) is 3. The Kier molecular flexibility index (Phi) is 12.0. The monoisotopic (exact) mass is 1090 g/mol. The van der Waals surface area contributed by atoms with E-state index in [1.807, 2.05) is 65.2 Å². The predicted octanol–water partition coefficient (Wildman–Crippen LogP) is 19.0. The van der Waals surface area contributed by atoms with E-state index in [1.165, 1.54) is 30.3 Å². The third kappa shape index (κ3) is 8.92. The molecule has 0 saturated carbocycles. The van der Waals surface area contributed by atoms with E-state index in [4.69, 9.17) is 9.97 Å². The van der Waals surface area contributed by atoms with Crippen LogP contribution in [0.1, 0.15) is 27.8 Å². The van der Waals surface area contributed by atoms with Gasteiger partial charge in [-0.15, -0.1) is 0 Å². The molecular weight excluding hydrogens is 1050 g/mol. The minimum Gasteiger partial charge on any atom is -0.307 e. The molecule has 0 fully saturated rings. The molecule has 0 unspecified atom stereocenters. The maximum absolute atomic E-state index is 14.7. The van der Waals surface area contributed by atoms with Crippen LogP contribution in [-0.4, -0.2) is 19.1 Å². The number of aromatic nitrogens is 4. The molecular formula is C63H33F12N5. The quantitative estimate of drug-likeness (QED) is 0.149. The predicted molar refractivity (Wildman–Crippen MR) is 283 cm³/mol. The molecule has 17 heteroatoms. The van der Waals surface area contributed by atoms with Crippen LogP contribution < -0.4 is 0 Å². The highest BCUT2D eigenvalue weighted by molar-refractivity contribution is 6.13. The molecule has 0 spiro atoms. The highest BCUT2D eigenvalue weighted by Crippen LogP contribution is 2.47. The van der Waals surface area contributed by atoms with Gasteiger partial charge in [0.15, 0.2) is 5.82 Å². The maximum atomic E-state index is 14.7. The Hall–Kier alpha value is -9.69. The van der Waals surface area contributed by atoms with Gasteiger partial charge in [-0.25, -0.2) is 9.97 Å². The second kappa shape index (κ2) is 18.8. The fourth-order valence-electron chi connectivity index (χ4n) is 10.5. The smallest absolute Gasteiger partial charge is 0.307 e. The van der Waals surface area contributed by atoms with Crippen LogP contribution in [0.4, 0.5) is 52.7 Å². The van der Waals surface area contributed by atoms with Gasteiger partial charge in [-0.2, -0.15) is 57.9 Å². The summed E-state index contributed by atoms with van der Waals surface area (Å²) in [5.74, 6) is 0.322. The Morgan fingerprint density at radius 1 is 0.338 bits per heavy atom. The zero-order valence-electron chi connectivity index (χ0n) is 40.8. The van der Waals surface area contributed by atoms with Gasteiger partial charge in [-0.1, -0.05) is 121 Å². The van der Waals surface area contributed by atoms with Gasteiger partial charge in [0.05, 0.1) is 78.7 Å². The number of nitriles is 1. The average molecular weight is 1090 g/mol. The molecule has 0 N–H and O–H groups in total. The molecule has 9 aromatic carbocycles. The maximum Gasteiger partial charge on any atom is 0.417 e. The van der Waals surface area contributed by atoms with E-state index in [-0.39, 0.29) is 28.8 Å². The Morgan fingerprint density at radius 3 is 1.23 bits per heavy atom. The molecule has 5 nitrogen and oxygen atoms in total. The number of para-hydroxylation sites is 2. The van der Waals surface area contributed by atoms with Crippen LogP contribution >= 0.6 is 0 Å². The van der Waals surface area contributed by atoms with Crippen molar-refractivity contribution >= 4 is 43.6 Å². The lowest BCUT2D eigenvalue weighted by Gasteiger charge is -2.20. The second-order valence-electron chi connectivity index (χ2n) is 18.9. The van der Waals surface area contributed by atoms with Gasteiger partial charge < -0.3 is 9.13 Å². The third-order valence-corrected chi connectivity index (χ3v) is 14.1. The summed E-state index contributed by atoms with van der Waals surface area (Å²) in [6.45, 7) is 0. The molecule has 0 amide bonds. The van der Waals surface area contributed by atoms with Crippen molar-refractivity contribution in [2.45, 2.75) is 24.7 Å². The minimum atomic E-state index is -5.18. The van der Waals surface area contributed by atoms with Crippen LogP contribution in [0, 0.1) is 11.3 Å². The molecule has 0 atom stereocenters. The van der Waals surface area contributed by atoms with E-state index in [9.17, 15) is 57.9 Å². The number of hydrogen-bond donors (Lipinski definition) is 0. The summed E-state index contributed by atoms with van der Waals surface area (Å²) in [5.41, 5.74) is -1.90. The van der Waals surface area contributed by atoms with Gasteiger partial charge in [0.1, 0.15) is 0 Å². The molecule has 0 radical (unpaired) electrons. The zero-order chi connectivity index (χ0) is 56.0. The fourth-order valence-corrected chi connectivity index (χ4v) is 10.5. The van der Waals surface area contributed by atoms with Crippen LogP contribution in [0.25, 0.3) is 111 Å². The number of nitrogens with zero attached hydrogens (tertiary/aromatic N) is 5. The second-order valence-corrected chi connectivity index (χ2v) is 18.9. The average Bonchev–Trinajstić information content (AvgIpc) is 3.41. The van der Waals surface area contributed by atoms with E-state index < -0.39 is 58.1 Å². The van der Waals surface area contributed by atoms with Crippen molar-refractivity contribution in [3.8, 4) is 73.6 Å². The largest absolute Gasteiger partial charge is 0.417 e. The van der Waals surface area contributed by atoms with Crippen molar-refractivity contribution < 1.29 is 52.7 Å². The minimum absolute atomic E-state index is 0.0370. The first-order valence-corrected chi connectivity index (χ1v) is 24.4. The molecule has 394 valence electrons. The standard InChI is InChI=1S/C63H33F12N5/c64-60(65,66)40-21-23-42(49(30-40)62(70,71)72)37-19-25-55-47(27-37)44-15-7-9-17-53(44)79(55)57-29-39(34-76)46(52-33-51(35-11-3-1-4-12-35)77-59(78-52)36-13-5-2-6-14-36)32-58(57)80-54-18-10-8-16-45(54)48-28-38(20-26-56(48)80)43-24-22-41(61(67,68)69)31-50(43)63(73,74)75/h1-33H. The summed E-state index contributed by atoms with van der Waals surface area (Å²) < 4.78 is 175.